The second-order valence-corrected chi connectivity index (χ2v) is 13.5. The molecule has 278 valence electrons. The first-order chi connectivity index (χ1) is 25.7. The molecule has 3 heterocycles. The van der Waals surface area contributed by atoms with E-state index < -0.39 is 94.0 Å². The van der Waals surface area contributed by atoms with Gasteiger partial charge in [0.15, 0.2) is 40.6 Å². The highest BCUT2D eigenvalue weighted by Crippen LogP contribution is 2.60. The van der Waals surface area contributed by atoms with Crippen LogP contribution >= 0.6 is 0 Å². The lowest BCUT2D eigenvalue weighted by molar-refractivity contribution is -0.135. The van der Waals surface area contributed by atoms with Crippen molar-refractivity contribution in [2.75, 3.05) is 0 Å². The average molecular weight is 741 g/mol. The molecule has 3 aliphatic heterocycles. The summed E-state index contributed by atoms with van der Waals surface area (Å²) >= 11 is 0. The highest BCUT2D eigenvalue weighted by Gasteiger charge is 2.49. The van der Waals surface area contributed by atoms with E-state index in [4.69, 9.17) is 14.2 Å². The van der Waals surface area contributed by atoms with Crippen LogP contribution in [-0.2, 0) is 11.2 Å². The number of carbonyl (C=O) groups excluding carboxylic acids is 1. The quantitative estimate of drug-likeness (QED) is 0.0702. The van der Waals surface area contributed by atoms with Crippen LogP contribution in [0, 0.1) is 0 Å². The SMILES string of the molecule is O=C1C[C@@H](c2ccc(O)c(O)c2)c2c(cc(O)c3c2O[C@H](c2ccc(O)c(O)c2)[C@H](O)[C@@H]3c2c(O)cc(O)c3c2O[C@H](c2ccc(O)c(O)c2)[C@H](O)C3)O1. The minimum atomic E-state index is -1.74. The van der Waals surface area contributed by atoms with Gasteiger partial charge in [0.25, 0.3) is 0 Å². The van der Waals surface area contributed by atoms with E-state index in [1.807, 2.05) is 0 Å². The number of hydrogen-bond acceptors (Lipinski definition) is 15. The predicted molar refractivity (Wildman–Crippen MR) is 184 cm³/mol. The second-order valence-electron chi connectivity index (χ2n) is 13.5. The molecule has 0 fully saturated rings. The topological polar surface area (TPSA) is 267 Å². The number of carbonyl (C=O) groups is 1. The van der Waals surface area contributed by atoms with E-state index in [-0.39, 0.29) is 63.5 Å². The molecule has 0 saturated heterocycles. The number of phenols is 9. The molecule has 0 bridgehead atoms. The van der Waals surface area contributed by atoms with E-state index in [9.17, 15) is 61.0 Å². The third-order valence-corrected chi connectivity index (χ3v) is 10.2. The van der Waals surface area contributed by atoms with Crippen LogP contribution in [0.25, 0.3) is 0 Å². The lowest BCUT2D eigenvalue weighted by Gasteiger charge is -2.42. The molecule has 5 aromatic rings. The van der Waals surface area contributed by atoms with Crippen LogP contribution in [0.2, 0.25) is 0 Å². The Balaban J connectivity index is 1.39. The number of ether oxygens (including phenoxy) is 3. The van der Waals surface area contributed by atoms with Crippen molar-refractivity contribution in [3.63, 3.8) is 0 Å². The first kappa shape index (κ1) is 34.4. The zero-order chi connectivity index (χ0) is 38.3. The Bertz CT molecular complexity index is 2370. The van der Waals surface area contributed by atoms with Gasteiger partial charge in [-0.2, -0.15) is 0 Å². The van der Waals surface area contributed by atoms with Crippen LogP contribution in [0.5, 0.6) is 69.0 Å². The number of aliphatic hydroxyl groups is 2. The minimum absolute atomic E-state index is 0.0254. The Morgan fingerprint density at radius 2 is 1.02 bits per heavy atom. The fourth-order valence-corrected chi connectivity index (χ4v) is 7.66. The summed E-state index contributed by atoms with van der Waals surface area (Å²) in [6, 6.07) is 13.5. The summed E-state index contributed by atoms with van der Waals surface area (Å²) in [6.45, 7) is 0. The van der Waals surface area contributed by atoms with Crippen molar-refractivity contribution >= 4 is 5.97 Å². The van der Waals surface area contributed by atoms with Gasteiger partial charge in [0, 0.05) is 46.7 Å². The Hall–Kier alpha value is -6.71. The highest BCUT2D eigenvalue weighted by molar-refractivity contribution is 5.81. The summed E-state index contributed by atoms with van der Waals surface area (Å²) in [5.74, 6) is -8.07. The molecule has 6 atom stereocenters. The number of hydrogen-bond donors (Lipinski definition) is 11. The van der Waals surface area contributed by atoms with Gasteiger partial charge >= 0.3 is 5.97 Å². The predicted octanol–water partition coefficient (Wildman–Crippen LogP) is 4.14. The number of fused-ring (bicyclic) bond motifs is 4. The van der Waals surface area contributed by atoms with Gasteiger partial charge in [-0.1, -0.05) is 18.2 Å². The van der Waals surface area contributed by atoms with E-state index in [1.54, 1.807) is 0 Å². The van der Waals surface area contributed by atoms with Crippen molar-refractivity contribution in [2.24, 2.45) is 0 Å². The van der Waals surface area contributed by atoms with Gasteiger partial charge in [-0.3, -0.25) is 4.79 Å². The maximum atomic E-state index is 12.9. The van der Waals surface area contributed by atoms with Crippen LogP contribution in [0.15, 0.2) is 66.7 Å². The van der Waals surface area contributed by atoms with Crippen molar-refractivity contribution in [3.8, 4) is 69.0 Å². The summed E-state index contributed by atoms with van der Waals surface area (Å²) in [4.78, 5) is 12.9. The molecular formula is C39H32O15. The lowest BCUT2D eigenvalue weighted by Crippen LogP contribution is -2.37. The van der Waals surface area contributed by atoms with Gasteiger partial charge in [-0.15, -0.1) is 0 Å². The molecule has 0 aromatic heterocycles. The van der Waals surface area contributed by atoms with Gasteiger partial charge in [0.05, 0.1) is 18.4 Å². The lowest BCUT2D eigenvalue weighted by atomic mass is 9.74. The van der Waals surface area contributed by atoms with E-state index in [0.29, 0.717) is 5.56 Å². The molecule has 5 aromatic carbocycles. The van der Waals surface area contributed by atoms with Crippen molar-refractivity contribution in [1.82, 2.24) is 0 Å². The minimum Gasteiger partial charge on any atom is -0.507 e. The van der Waals surface area contributed by atoms with Crippen LogP contribution in [0.3, 0.4) is 0 Å². The maximum Gasteiger partial charge on any atom is 0.312 e. The third-order valence-electron chi connectivity index (χ3n) is 10.2. The Morgan fingerprint density at radius 1 is 0.500 bits per heavy atom. The van der Waals surface area contributed by atoms with E-state index in [2.05, 4.69) is 0 Å². The Kier molecular flexibility index (Phi) is 7.93. The molecule has 0 radical (unpaired) electrons. The fraction of sp³-hybridized carbons (Fsp3) is 0.205. The molecule has 0 spiro atoms. The van der Waals surface area contributed by atoms with Crippen LogP contribution < -0.4 is 14.2 Å². The van der Waals surface area contributed by atoms with Crippen molar-refractivity contribution in [3.05, 3.63) is 106 Å². The zero-order valence-electron chi connectivity index (χ0n) is 27.8. The molecule has 15 nitrogen and oxygen atoms in total. The highest BCUT2D eigenvalue weighted by atomic mass is 16.5. The normalized spacial score (nSPS) is 22.9. The zero-order valence-corrected chi connectivity index (χ0v) is 27.8. The van der Waals surface area contributed by atoms with Crippen molar-refractivity contribution < 1.29 is 75.2 Å². The number of rotatable bonds is 4. The van der Waals surface area contributed by atoms with Gasteiger partial charge < -0.3 is 70.4 Å². The van der Waals surface area contributed by atoms with Gasteiger partial charge in [0.2, 0.25) is 0 Å². The smallest absolute Gasteiger partial charge is 0.312 e. The molecule has 3 aliphatic rings. The van der Waals surface area contributed by atoms with Gasteiger partial charge in [0.1, 0.15) is 46.7 Å². The van der Waals surface area contributed by atoms with Crippen LogP contribution in [0.1, 0.15) is 69.4 Å². The molecule has 8 rings (SSSR count). The summed E-state index contributed by atoms with van der Waals surface area (Å²) in [7, 11) is 0. The van der Waals surface area contributed by atoms with Crippen molar-refractivity contribution in [2.45, 2.75) is 49.1 Å². The standard InChI is InChI=1S/C39H32O15/c40-19-4-1-14(7-23(19)44)17-11-30(50)52-29-13-27(48)33-34(35(51)37(54-39(33)31(17)29)16-3-6-21(42)25(46)9-16)32-26(47)12-22(43)18-10-28(49)36(53-38(18)32)15-2-5-20(41)24(45)8-15/h1-9,12-13,17,28,34-37,40-49,51H,10-11H2/t17-,28+,34+,35+,36+,37+/m0/s1. The number of benzene rings is 5. The number of aliphatic hydroxyl groups excluding tert-OH is 2. The van der Waals surface area contributed by atoms with Crippen LogP contribution in [0.4, 0.5) is 0 Å². The molecule has 15 heteroatoms. The largest absolute Gasteiger partial charge is 0.507 e. The molecule has 0 saturated carbocycles. The van der Waals surface area contributed by atoms with E-state index in [1.165, 1.54) is 42.5 Å². The second kappa shape index (κ2) is 12.5. The average Bonchev–Trinajstić information content (AvgIpc) is 3.12. The first-order valence-corrected chi connectivity index (χ1v) is 16.6. The van der Waals surface area contributed by atoms with Gasteiger partial charge in [-0.05, 0) is 53.1 Å². The summed E-state index contributed by atoms with van der Waals surface area (Å²) in [5, 5.41) is 119. The number of phenolic OH excluding ortho intramolecular Hbond substituents is 9. The van der Waals surface area contributed by atoms with E-state index >= 15 is 0 Å². The summed E-state index contributed by atoms with van der Waals surface area (Å²) in [6.07, 6.45) is -6.28. The maximum absolute atomic E-state index is 12.9. The van der Waals surface area contributed by atoms with Crippen molar-refractivity contribution in [1.29, 1.82) is 0 Å². The monoisotopic (exact) mass is 740 g/mol. The molecular weight excluding hydrogens is 708 g/mol. The molecule has 0 aliphatic carbocycles. The fourth-order valence-electron chi connectivity index (χ4n) is 7.66. The number of esters is 1. The number of aromatic hydroxyl groups is 9. The summed E-state index contributed by atoms with van der Waals surface area (Å²) < 4.78 is 18.3. The molecule has 0 amide bonds. The summed E-state index contributed by atoms with van der Waals surface area (Å²) in [5.41, 5.74) is 0.580. The first-order valence-electron chi connectivity index (χ1n) is 16.6. The van der Waals surface area contributed by atoms with E-state index in [0.717, 1.165) is 24.3 Å². The van der Waals surface area contributed by atoms with Crippen LogP contribution in [-0.4, -0.2) is 74.3 Å². The molecule has 11 N–H and O–H groups in total. The van der Waals surface area contributed by atoms with Gasteiger partial charge in [-0.25, -0.2) is 0 Å². The Morgan fingerprint density at radius 3 is 1.63 bits per heavy atom. The molecule has 54 heavy (non-hydrogen) atoms. The Labute approximate surface area is 304 Å². The third kappa shape index (κ3) is 5.40. The molecule has 0 unspecified atom stereocenters.